The Bertz CT molecular complexity index is 355. The molecule has 0 aromatic carbocycles. The predicted octanol–water partition coefficient (Wildman–Crippen LogP) is 5.29. The molecular weight excluding hydrogens is 276 g/mol. The summed E-state index contributed by atoms with van der Waals surface area (Å²) in [6, 6.07) is 0. The number of hydrogen-bond acceptors (Lipinski definition) is 4. The van der Waals surface area contributed by atoms with Crippen molar-refractivity contribution in [2.24, 2.45) is 11.8 Å². The highest BCUT2D eigenvalue weighted by molar-refractivity contribution is 5.26. The lowest BCUT2D eigenvalue weighted by atomic mass is 9.72. The number of rotatable bonds is 2. The zero-order valence-corrected chi connectivity index (χ0v) is 14.0. The Morgan fingerprint density at radius 2 is 1.00 bits per heavy atom. The van der Waals surface area contributed by atoms with Crippen LogP contribution < -0.4 is 0 Å². The van der Waals surface area contributed by atoms with Crippen molar-refractivity contribution in [1.82, 2.24) is 0 Å². The highest BCUT2D eigenvalue weighted by Gasteiger charge is 2.26. The molecule has 0 bridgehead atoms. The Hall–Kier alpha value is -1.50. The number of isocyanates is 2. The molecule has 4 nitrogen and oxygen atoms in total. The Balaban J connectivity index is 0.000000639. The van der Waals surface area contributed by atoms with Crippen LogP contribution in [0.3, 0.4) is 0 Å². The lowest BCUT2D eigenvalue weighted by molar-refractivity contribution is 0.323. The van der Waals surface area contributed by atoms with Crippen LogP contribution in [0.1, 0.15) is 78.1 Å². The first-order valence-corrected chi connectivity index (χ1v) is 8.37. The Morgan fingerprint density at radius 3 is 1.23 bits per heavy atom. The van der Waals surface area contributed by atoms with Gasteiger partial charge in [0.25, 0.3) is 0 Å². The molecule has 2 saturated carbocycles. The minimum Gasteiger partial charge on any atom is -0.222 e. The van der Waals surface area contributed by atoms with Crippen LogP contribution in [0.4, 0.5) is 0 Å². The fourth-order valence-corrected chi connectivity index (χ4v) is 3.98. The van der Waals surface area contributed by atoms with Gasteiger partial charge in [-0.3, -0.25) is 0 Å². The van der Waals surface area contributed by atoms with Gasteiger partial charge in [0.15, 0.2) is 0 Å². The van der Waals surface area contributed by atoms with Crippen LogP contribution in [0, 0.1) is 22.7 Å². The molecule has 0 radical (unpaired) electrons. The molecule has 0 unspecified atom stereocenters. The van der Waals surface area contributed by atoms with Crippen LogP contribution in [0.25, 0.3) is 0 Å². The summed E-state index contributed by atoms with van der Waals surface area (Å²) < 4.78 is 0. The van der Waals surface area contributed by atoms with Crippen LogP contribution in [0.5, 0.6) is 0 Å². The maximum Gasteiger partial charge on any atom is 0.231 e. The van der Waals surface area contributed by atoms with Gasteiger partial charge in [-0.05, 0) is 51.4 Å². The van der Waals surface area contributed by atoms with E-state index in [4.69, 9.17) is 20.4 Å². The first-order chi connectivity index (χ1) is 10.6. The van der Waals surface area contributed by atoms with Crippen molar-refractivity contribution >= 4 is 12.2 Å². The van der Waals surface area contributed by atoms with E-state index < -0.39 is 0 Å². The summed E-state index contributed by atoms with van der Waals surface area (Å²) in [5, 5.41) is 10.8. The van der Waals surface area contributed by atoms with Gasteiger partial charge in [0.1, 0.15) is 0 Å². The average molecular weight is 306 g/mol. The lowest BCUT2D eigenvalue weighted by Crippen LogP contribution is -2.19. The Morgan fingerprint density at radius 1 is 0.727 bits per heavy atom. The largest absolute Gasteiger partial charge is 0.231 e. The fraction of sp³-hybridized carbons (Fsp3) is 0.778. The summed E-state index contributed by atoms with van der Waals surface area (Å²) in [7, 11) is 0. The van der Waals surface area contributed by atoms with Crippen LogP contribution in [0.2, 0.25) is 0 Å². The number of nitrogens with one attached hydrogen (secondary N) is 2. The molecule has 2 rings (SSSR count). The van der Waals surface area contributed by atoms with E-state index in [1.54, 1.807) is 5.57 Å². The molecule has 2 aliphatic carbocycles. The molecular formula is C18H30N2O2. The summed E-state index contributed by atoms with van der Waals surface area (Å²) >= 11 is 0. The van der Waals surface area contributed by atoms with Crippen molar-refractivity contribution in [3.05, 3.63) is 11.1 Å². The van der Waals surface area contributed by atoms with Crippen molar-refractivity contribution in [3.8, 4) is 0 Å². The zero-order chi connectivity index (χ0) is 16.8. The summed E-state index contributed by atoms with van der Waals surface area (Å²) in [4.78, 5) is 16.7. The fourth-order valence-electron chi connectivity index (χ4n) is 3.98. The maximum atomic E-state index is 8.35. The molecule has 0 aliphatic heterocycles. The van der Waals surface area contributed by atoms with Gasteiger partial charge >= 0.3 is 0 Å². The molecule has 0 amide bonds. The molecule has 0 aromatic rings. The molecule has 0 atom stereocenters. The van der Waals surface area contributed by atoms with Crippen LogP contribution >= 0.6 is 0 Å². The van der Waals surface area contributed by atoms with E-state index in [0.717, 1.165) is 24.0 Å². The van der Waals surface area contributed by atoms with Crippen molar-refractivity contribution in [1.29, 1.82) is 10.8 Å². The molecule has 0 saturated heterocycles. The molecule has 0 aromatic heterocycles. The number of carbonyl (C=O) groups excluding carboxylic acids is 2. The van der Waals surface area contributed by atoms with Crippen molar-refractivity contribution in [2.45, 2.75) is 78.1 Å². The maximum absolute atomic E-state index is 8.35. The second-order valence-corrected chi connectivity index (χ2v) is 6.33. The molecule has 2 N–H and O–H groups in total. The minimum absolute atomic E-state index is 0.750. The van der Waals surface area contributed by atoms with Gasteiger partial charge in [0.2, 0.25) is 12.2 Å². The van der Waals surface area contributed by atoms with E-state index in [1.807, 2.05) is 5.57 Å². The molecule has 22 heavy (non-hydrogen) atoms. The van der Waals surface area contributed by atoms with E-state index >= 15 is 0 Å². The van der Waals surface area contributed by atoms with E-state index in [2.05, 4.69) is 13.8 Å². The van der Waals surface area contributed by atoms with Gasteiger partial charge in [-0.2, -0.15) is 0 Å². The monoisotopic (exact) mass is 306 g/mol. The second-order valence-electron chi connectivity index (χ2n) is 6.33. The summed E-state index contributed by atoms with van der Waals surface area (Å²) in [6.07, 6.45) is 16.3. The standard InChI is InChI=1S/C16H28.2CHNO/c1-13(2)16(14-9-5-3-6-10-14)15-11-7-4-8-12-15;2*2-1-3/h14-15H,3-12H2,1-2H3;2*2H. The number of allylic oxidation sites excluding steroid dienone is 2. The molecule has 2 fully saturated rings. The third-order valence-electron chi connectivity index (χ3n) is 4.67. The van der Waals surface area contributed by atoms with Gasteiger partial charge < -0.3 is 0 Å². The predicted molar refractivity (Wildman–Crippen MR) is 88.4 cm³/mol. The van der Waals surface area contributed by atoms with E-state index in [-0.39, 0.29) is 0 Å². The first-order valence-electron chi connectivity index (χ1n) is 8.37. The number of hydrogen-bond donors (Lipinski definition) is 2. The minimum atomic E-state index is 0.750. The van der Waals surface area contributed by atoms with E-state index in [0.29, 0.717) is 0 Å². The molecule has 0 spiro atoms. The van der Waals surface area contributed by atoms with Gasteiger partial charge in [-0.1, -0.05) is 49.7 Å². The summed E-state index contributed by atoms with van der Waals surface area (Å²) in [5.41, 5.74) is 3.54. The third kappa shape index (κ3) is 8.07. The van der Waals surface area contributed by atoms with Gasteiger partial charge in [0, 0.05) is 0 Å². The van der Waals surface area contributed by atoms with E-state index in [1.165, 1.54) is 64.2 Å². The lowest BCUT2D eigenvalue weighted by Gasteiger charge is -2.33. The highest BCUT2D eigenvalue weighted by atomic mass is 16.1. The second kappa shape index (κ2) is 13.2. The summed E-state index contributed by atoms with van der Waals surface area (Å²) in [6.45, 7) is 4.72. The van der Waals surface area contributed by atoms with E-state index in [9.17, 15) is 0 Å². The topological polar surface area (TPSA) is 81.8 Å². The van der Waals surface area contributed by atoms with Crippen molar-refractivity contribution in [2.75, 3.05) is 0 Å². The molecule has 2 aliphatic rings. The van der Waals surface area contributed by atoms with Crippen molar-refractivity contribution < 1.29 is 9.59 Å². The van der Waals surface area contributed by atoms with Gasteiger partial charge in [-0.15, -0.1) is 0 Å². The summed E-state index contributed by atoms with van der Waals surface area (Å²) in [5.74, 6) is 1.92. The molecule has 124 valence electrons. The third-order valence-corrected chi connectivity index (χ3v) is 4.67. The molecule has 4 heteroatoms. The van der Waals surface area contributed by atoms with Crippen LogP contribution in [0.15, 0.2) is 11.1 Å². The highest BCUT2D eigenvalue weighted by Crippen LogP contribution is 2.40. The van der Waals surface area contributed by atoms with Crippen LogP contribution in [-0.4, -0.2) is 12.2 Å². The van der Waals surface area contributed by atoms with Crippen molar-refractivity contribution in [3.63, 3.8) is 0 Å². The quantitative estimate of drug-likeness (QED) is 0.413. The Labute approximate surface area is 134 Å². The smallest absolute Gasteiger partial charge is 0.222 e. The normalized spacial score (nSPS) is 18.5. The first kappa shape index (κ1) is 20.5. The SMILES string of the molecule is CC(C)=C(C1CCCCC1)C1CCCCC1.N=C=O.N=C=O. The van der Waals surface area contributed by atoms with Crippen LogP contribution in [-0.2, 0) is 9.59 Å². The van der Waals surface area contributed by atoms with Gasteiger partial charge in [-0.25, -0.2) is 20.4 Å². The zero-order valence-electron chi connectivity index (χ0n) is 14.0. The Kier molecular flexibility index (Phi) is 12.3. The molecule has 0 heterocycles. The van der Waals surface area contributed by atoms with Gasteiger partial charge in [0.05, 0.1) is 0 Å². The average Bonchev–Trinajstić information content (AvgIpc) is 2.51.